The quantitative estimate of drug-likeness (QED) is 0.148. The van der Waals surface area contributed by atoms with Crippen molar-refractivity contribution in [3.05, 3.63) is 73.6 Å². The minimum absolute atomic E-state index is 0. The van der Waals surface area contributed by atoms with Gasteiger partial charge in [0.15, 0.2) is 5.43 Å². The Bertz CT molecular complexity index is 2010. The van der Waals surface area contributed by atoms with Crippen molar-refractivity contribution in [3.8, 4) is 0 Å². The van der Waals surface area contributed by atoms with Crippen molar-refractivity contribution in [2.24, 2.45) is 0 Å². The van der Waals surface area contributed by atoms with E-state index in [1.807, 2.05) is 11.4 Å². The Morgan fingerprint density at radius 2 is 1.80 bits per heavy atom. The van der Waals surface area contributed by atoms with E-state index < -0.39 is 64.8 Å². The summed E-state index contributed by atoms with van der Waals surface area (Å²) in [6.45, 7) is 0.142. The van der Waals surface area contributed by atoms with Crippen molar-refractivity contribution in [2.75, 3.05) is 30.3 Å². The minimum atomic E-state index is -1.63. The van der Waals surface area contributed by atoms with Gasteiger partial charge in [-0.25, -0.2) is 9.18 Å². The molecular weight excluding hydrogens is 727 g/mol. The maximum Gasteiger partial charge on any atom is 1.00 e. The van der Waals surface area contributed by atoms with Gasteiger partial charge in [-0.15, -0.1) is 23.1 Å². The Hall–Kier alpha value is -2.90. The molecule has 2 N–H and O–H groups in total. The van der Waals surface area contributed by atoms with Crippen LogP contribution in [0.15, 0.2) is 51.9 Å². The molecule has 3 atom stereocenters. The summed E-state index contributed by atoms with van der Waals surface area (Å²) in [5.41, 5.74) is -0.970. The van der Waals surface area contributed by atoms with E-state index in [1.54, 1.807) is 15.5 Å². The maximum absolute atomic E-state index is 15.3. The van der Waals surface area contributed by atoms with Gasteiger partial charge in [-0.2, -0.15) is 0 Å². The first-order chi connectivity index (χ1) is 23.5. The molecule has 3 aromatic rings. The fourth-order valence-corrected chi connectivity index (χ4v) is 8.47. The second kappa shape index (κ2) is 16.0. The zero-order valence-corrected chi connectivity index (χ0v) is 33.3. The van der Waals surface area contributed by atoms with Crippen LogP contribution in [-0.4, -0.2) is 82.2 Å². The summed E-state index contributed by atoms with van der Waals surface area (Å²) in [5, 5.41) is 30.1. The van der Waals surface area contributed by atoms with Crippen molar-refractivity contribution in [3.63, 3.8) is 0 Å². The Morgan fingerprint density at radius 1 is 1.04 bits per heavy atom. The minimum Gasteiger partial charge on any atom is -0.545 e. The Labute approximate surface area is 342 Å². The molecule has 2 aromatic heterocycles. The number of hydrogen-bond acceptors (Lipinski definition) is 12. The summed E-state index contributed by atoms with van der Waals surface area (Å²) in [4.78, 5) is 78.0. The fourth-order valence-electron chi connectivity index (χ4n) is 6.44. The molecule has 256 valence electrons. The third-order valence-corrected chi connectivity index (χ3v) is 11.2. The number of hydrogen-bond donors (Lipinski definition) is 2. The Morgan fingerprint density at radius 3 is 2.47 bits per heavy atom. The molecular formula is C32H28FN5Na2O9S2. The van der Waals surface area contributed by atoms with E-state index in [0.29, 0.717) is 18.5 Å². The third-order valence-electron chi connectivity index (χ3n) is 8.96. The number of halogens is 1. The smallest absolute Gasteiger partial charge is 0.545 e. The van der Waals surface area contributed by atoms with Crippen molar-refractivity contribution < 1.29 is 102 Å². The molecule has 19 heteroatoms. The van der Waals surface area contributed by atoms with Gasteiger partial charge in [-0.05, 0) is 42.8 Å². The Kier molecular flexibility index (Phi) is 12.3. The summed E-state index contributed by atoms with van der Waals surface area (Å²) in [6.07, 6.45) is 2.52. The molecule has 3 fully saturated rings. The van der Waals surface area contributed by atoms with Crippen LogP contribution < -0.4 is 90.3 Å². The molecule has 2 saturated heterocycles. The topological polar surface area (TPSA) is 193 Å². The van der Waals surface area contributed by atoms with Gasteiger partial charge in [0.2, 0.25) is 5.91 Å². The van der Waals surface area contributed by atoms with Crippen LogP contribution in [0.1, 0.15) is 40.5 Å². The number of fused-ring (bicyclic) bond motifs is 2. The zero-order valence-electron chi connectivity index (χ0n) is 27.6. The third kappa shape index (κ3) is 7.90. The average molecular weight is 756 g/mol. The molecule has 4 aliphatic rings. The standard InChI is InChI=1S/C32H30FN5O9S2.2Na/c33-21-9-19-22(37(17-3-4-17)12-20(27(19)40)30(42)43)10-23(21)36-6-5-16(11-36)34-32(46)47-13-15-14-49-29-25(28(41)38(29)26(15)31(44)45)35-24(39)8-18-2-1-7-48-18;;/h1-2,7,9-10,12,16-17,25,29H,3-6,8,11,13-14H2,(H,34,46)(H,35,39)(H,42,43)(H,44,45);;/q;2*+1/p-2/t16?,25-,29-;;/m1../s1. The predicted molar refractivity (Wildman–Crippen MR) is 171 cm³/mol. The van der Waals surface area contributed by atoms with Gasteiger partial charge in [-0.1, -0.05) is 6.07 Å². The summed E-state index contributed by atoms with van der Waals surface area (Å²) < 4.78 is 22.3. The van der Waals surface area contributed by atoms with Gasteiger partial charge in [0.1, 0.15) is 23.8 Å². The van der Waals surface area contributed by atoms with Crippen molar-refractivity contribution in [1.82, 2.24) is 20.1 Å². The monoisotopic (exact) mass is 755 g/mol. The number of β-lactam (4-membered cyclic amide) rings is 1. The fraction of sp³-hybridized carbons (Fsp3) is 0.375. The number of aromatic carboxylic acids is 1. The number of anilines is 1. The van der Waals surface area contributed by atoms with Crippen LogP contribution in [-0.2, 0) is 25.5 Å². The van der Waals surface area contributed by atoms with Crippen LogP contribution in [0.4, 0.5) is 14.9 Å². The van der Waals surface area contributed by atoms with Crippen LogP contribution in [0.2, 0.25) is 0 Å². The first kappa shape index (κ1) is 39.3. The number of thioether (sulfide) groups is 1. The number of rotatable bonds is 10. The van der Waals surface area contributed by atoms with E-state index in [2.05, 4.69) is 10.6 Å². The van der Waals surface area contributed by atoms with E-state index in [1.165, 1.54) is 35.4 Å². The molecule has 1 aromatic carbocycles. The number of thiophene rings is 1. The molecule has 1 aliphatic carbocycles. The zero-order chi connectivity index (χ0) is 34.6. The van der Waals surface area contributed by atoms with Crippen molar-refractivity contribution in [1.29, 1.82) is 0 Å². The van der Waals surface area contributed by atoms with E-state index >= 15 is 4.39 Å². The number of amides is 3. The number of carboxylic acid groups (broad SMARTS) is 2. The second-order valence-corrected chi connectivity index (χ2v) is 14.4. The SMILES string of the molecule is O=C(Cc1cccs1)N[C@@H]1C(=O)N2C(C(=O)[O-])=C(COC(=O)NC3CCN(c4cc5c(cc4F)c(=O)c(C(=O)[O-])cn5C4CC4)C3)CS[C@H]12.[Na+].[Na+]. The van der Waals surface area contributed by atoms with E-state index in [0.717, 1.165) is 28.7 Å². The van der Waals surface area contributed by atoms with Gasteiger partial charge >= 0.3 is 65.2 Å². The Balaban J connectivity index is 0.00000252. The molecule has 7 rings (SSSR count). The normalized spacial score (nSPS) is 20.9. The summed E-state index contributed by atoms with van der Waals surface area (Å²) in [5.74, 6) is -4.78. The average Bonchev–Trinajstić information content (AvgIpc) is 3.58. The van der Waals surface area contributed by atoms with E-state index in [9.17, 15) is 39.0 Å². The van der Waals surface area contributed by atoms with Crippen LogP contribution >= 0.6 is 23.1 Å². The largest absolute Gasteiger partial charge is 1.00 e. The number of aromatic nitrogens is 1. The number of ether oxygens (including phenoxy) is 1. The molecule has 3 aliphatic heterocycles. The van der Waals surface area contributed by atoms with Gasteiger partial charge in [-0.3, -0.25) is 19.3 Å². The predicted octanol–water partition coefficient (Wildman–Crippen LogP) is -6.14. The summed E-state index contributed by atoms with van der Waals surface area (Å²) >= 11 is 2.64. The first-order valence-corrected chi connectivity index (χ1v) is 17.4. The van der Waals surface area contributed by atoms with Crippen molar-refractivity contribution >= 4 is 69.5 Å². The first-order valence-electron chi connectivity index (χ1n) is 15.5. The summed E-state index contributed by atoms with van der Waals surface area (Å²) in [6, 6.07) is 4.81. The number of alkyl carbamates (subject to hydrolysis) is 1. The summed E-state index contributed by atoms with van der Waals surface area (Å²) in [7, 11) is 0. The molecule has 0 bridgehead atoms. The van der Waals surface area contributed by atoms with Crippen LogP contribution in [0.5, 0.6) is 0 Å². The van der Waals surface area contributed by atoms with Gasteiger partial charge in [0.25, 0.3) is 5.91 Å². The molecule has 14 nitrogen and oxygen atoms in total. The van der Waals surface area contributed by atoms with Gasteiger partial charge in [0.05, 0.1) is 46.9 Å². The number of benzene rings is 1. The number of carbonyl (C=O) groups excluding carboxylic acids is 5. The number of pyridine rings is 1. The van der Waals surface area contributed by atoms with E-state index in [4.69, 9.17) is 4.74 Å². The molecule has 1 unspecified atom stereocenters. The van der Waals surface area contributed by atoms with Crippen LogP contribution in [0.25, 0.3) is 10.9 Å². The number of aliphatic carboxylic acids is 1. The molecule has 0 spiro atoms. The van der Waals surface area contributed by atoms with Gasteiger partial charge < -0.3 is 44.6 Å². The number of carboxylic acids is 2. The number of nitrogens with zero attached hydrogens (tertiary/aromatic N) is 3. The maximum atomic E-state index is 15.3. The molecule has 0 radical (unpaired) electrons. The van der Waals surface area contributed by atoms with E-state index in [-0.39, 0.29) is 112 Å². The van der Waals surface area contributed by atoms with Crippen molar-refractivity contribution in [2.45, 2.75) is 49.2 Å². The molecule has 51 heavy (non-hydrogen) atoms. The molecule has 3 amide bonds. The molecule has 1 saturated carbocycles. The van der Waals surface area contributed by atoms with Crippen LogP contribution in [0, 0.1) is 5.82 Å². The van der Waals surface area contributed by atoms with Crippen LogP contribution in [0.3, 0.4) is 0 Å². The second-order valence-electron chi connectivity index (χ2n) is 12.2. The van der Waals surface area contributed by atoms with Gasteiger partial charge in [0, 0.05) is 46.9 Å². The number of carbonyl (C=O) groups is 5. The molecule has 5 heterocycles. The number of nitrogens with one attached hydrogen (secondary N) is 2.